The second kappa shape index (κ2) is 6.39. The van der Waals surface area contributed by atoms with Crippen molar-refractivity contribution in [3.8, 4) is 11.5 Å². The molecule has 100 valence electrons. The molecule has 19 heavy (non-hydrogen) atoms. The van der Waals surface area contributed by atoms with E-state index in [9.17, 15) is 0 Å². The fourth-order valence-electron chi connectivity index (χ4n) is 2.04. The third kappa shape index (κ3) is 3.83. The lowest BCUT2D eigenvalue weighted by molar-refractivity contribution is 0.473. The molecular formula is C17H21NO. The molecule has 0 spiro atoms. The summed E-state index contributed by atoms with van der Waals surface area (Å²) in [6, 6.07) is 16.4. The van der Waals surface area contributed by atoms with Gasteiger partial charge in [0.2, 0.25) is 0 Å². The largest absolute Gasteiger partial charge is 0.457 e. The van der Waals surface area contributed by atoms with Crippen LogP contribution >= 0.6 is 0 Å². The number of hydrogen-bond donors (Lipinski definition) is 1. The maximum atomic E-state index is 5.95. The minimum absolute atomic E-state index is 0.132. The number of rotatable bonds is 5. The van der Waals surface area contributed by atoms with E-state index in [2.05, 4.69) is 25.1 Å². The topological polar surface area (TPSA) is 35.2 Å². The Hall–Kier alpha value is -1.80. The third-order valence-corrected chi connectivity index (χ3v) is 3.07. The number of aryl methyl sites for hydroxylation is 1. The second-order valence-corrected chi connectivity index (χ2v) is 4.89. The van der Waals surface area contributed by atoms with E-state index in [0.717, 1.165) is 29.9 Å². The van der Waals surface area contributed by atoms with E-state index in [1.165, 1.54) is 5.56 Å². The fraction of sp³-hybridized carbons (Fsp3) is 0.294. The molecule has 0 radical (unpaired) electrons. The monoisotopic (exact) mass is 255 g/mol. The van der Waals surface area contributed by atoms with Crippen molar-refractivity contribution < 1.29 is 4.74 Å². The lowest BCUT2D eigenvalue weighted by atomic mass is 10.1. The summed E-state index contributed by atoms with van der Waals surface area (Å²) in [5.41, 5.74) is 8.34. The molecule has 2 aromatic rings. The summed E-state index contributed by atoms with van der Waals surface area (Å²) in [6.07, 6.45) is 1.87. The number of benzene rings is 2. The molecule has 2 N–H and O–H groups in total. The molecule has 2 nitrogen and oxygen atoms in total. The quantitative estimate of drug-likeness (QED) is 0.878. The lowest BCUT2D eigenvalue weighted by Crippen LogP contribution is -2.18. The van der Waals surface area contributed by atoms with Gasteiger partial charge < -0.3 is 10.5 Å². The van der Waals surface area contributed by atoms with Crippen LogP contribution in [0.2, 0.25) is 0 Å². The van der Waals surface area contributed by atoms with E-state index in [1.54, 1.807) is 0 Å². The van der Waals surface area contributed by atoms with Crippen LogP contribution in [0.3, 0.4) is 0 Å². The van der Waals surface area contributed by atoms with Gasteiger partial charge in [-0.15, -0.1) is 0 Å². The maximum Gasteiger partial charge on any atom is 0.130 e. The molecule has 1 atom stereocenters. The predicted octanol–water partition coefficient (Wildman–Crippen LogP) is 3.93. The molecule has 1 unspecified atom stereocenters. The Morgan fingerprint density at radius 3 is 2.37 bits per heavy atom. The summed E-state index contributed by atoms with van der Waals surface area (Å²) in [4.78, 5) is 0. The molecule has 0 heterocycles. The summed E-state index contributed by atoms with van der Waals surface area (Å²) in [5.74, 6) is 1.76. The molecule has 0 amide bonds. The normalized spacial score (nSPS) is 12.2. The highest BCUT2D eigenvalue weighted by molar-refractivity contribution is 5.39. The molecular weight excluding hydrogens is 234 g/mol. The Bertz CT molecular complexity index is 517. The summed E-state index contributed by atoms with van der Waals surface area (Å²) in [5, 5.41) is 0. The first-order chi connectivity index (χ1) is 9.19. The molecule has 0 aliphatic rings. The molecule has 0 saturated carbocycles. The van der Waals surface area contributed by atoms with Crippen LogP contribution < -0.4 is 10.5 Å². The summed E-state index contributed by atoms with van der Waals surface area (Å²) in [6.45, 7) is 4.15. The van der Waals surface area contributed by atoms with Gasteiger partial charge in [-0.05, 0) is 49.1 Å². The van der Waals surface area contributed by atoms with Gasteiger partial charge >= 0.3 is 0 Å². The van der Waals surface area contributed by atoms with E-state index in [4.69, 9.17) is 10.5 Å². The van der Waals surface area contributed by atoms with Crippen LogP contribution in [-0.2, 0) is 12.8 Å². The summed E-state index contributed by atoms with van der Waals surface area (Å²) in [7, 11) is 0. The van der Waals surface area contributed by atoms with E-state index >= 15 is 0 Å². The van der Waals surface area contributed by atoms with Crippen molar-refractivity contribution >= 4 is 0 Å². The fourth-order valence-corrected chi connectivity index (χ4v) is 2.04. The van der Waals surface area contributed by atoms with Crippen LogP contribution in [0.15, 0.2) is 48.5 Å². The van der Waals surface area contributed by atoms with E-state index < -0.39 is 0 Å². The summed E-state index contributed by atoms with van der Waals surface area (Å²) >= 11 is 0. The van der Waals surface area contributed by atoms with Gasteiger partial charge in [0, 0.05) is 6.04 Å². The zero-order chi connectivity index (χ0) is 13.7. The predicted molar refractivity (Wildman–Crippen MR) is 79.7 cm³/mol. The number of hydrogen-bond acceptors (Lipinski definition) is 2. The van der Waals surface area contributed by atoms with Gasteiger partial charge in [0.15, 0.2) is 0 Å². The van der Waals surface area contributed by atoms with Crippen molar-refractivity contribution in [2.24, 2.45) is 5.73 Å². The van der Waals surface area contributed by atoms with Crippen molar-refractivity contribution in [3.63, 3.8) is 0 Å². The van der Waals surface area contributed by atoms with Gasteiger partial charge in [0.1, 0.15) is 11.5 Å². The minimum atomic E-state index is 0.132. The Morgan fingerprint density at radius 1 is 1.05 bits per heavy atom. The van der Waals surface area contributed by atoms with Crippen LogP contribution in [0, 0.1) is 0 Å². The third-order valence-electron chi connectivity index (χ3n) is 3.07. The second-order valence-electron chi connectivity index (χ2n) is 4.89. The number of ether oxygens (including phenoxy) is 1. The van der Waals surface area contributed by atoms with Gasteiger partial charge in [-0.25, -0.2) is 0 Å². The van der Waals surface area contributed by atoms with Crippen LogP contribution in [0.25, 0.3) is 0 Å². The molecule has 0 aliphatic heterocycles. The van der Waals surface area contributed by atoms with Gasteiger partial charge in [-0.1, -0.05) is 37.3 Å². The van der Waals surface area contributed by atoms with Crippen LogP contribution in [0.5, 0.6) is 11.5 Å². The minimum Gasteiger partial charge on any atom is -0.457 e. The first-order valence-electron chi connectivity index (χ1n) is 6.79. The van der Waals surface area contributed by atoms with E-state index in [-0.39, 0.29) is 6.04 Å². The Balaban J connectivity index is 2.17. The smallest absolute Gasteiger partial charge is 0.130 e. The molecule has 0 aliphatic carbocycles. The number of para-hydroxylation sites is 1. The standard InChI is InChI=1S/C17H21NO/c1-3-14-8-10-16(11-9-14)19-17-7-5-4-6-15(17)12-13(2)18/h4-11,13H,3,12,18H2,1-2H3. The Morgan fingerprint density at radius 2 is 1.74 bits per heavy atom. The maximum absolute atomic E-state index is 5.95. The van der Waals surface area contributed by atoms with Crippen LogP contribution in [0.1, 0.15) is 25.0 Å². The molecule has 0 fully saturated rings. The average molecular weight is 255 g/mol. The van der Waals surface area contributed by atoms with Gasteiger partial charge in [0.05, 0.1) is 0 Å². The highest BCUT2D eigenvalue weighted by Crippen LogP contribution is 2.26. The SMILES string of the molecule is CCc1ccc(Oc2ccccc2CC(C)N)cc1. The van der Waals surface area contributed by atoms with Crippen LogP contribution in [0.4, 0.5) is 0 Å². The highest BCUT2D eigenvalue weighted by atomic mass is 16.5. The molecule has 2 heteroatoms. The zero-order valence-electron chi connectivity index (χ0n) is 11.6. The van der Waals surface area contributed by atoms with Crippen molar-refractivity contribution in [1.82, 2.24) is 0 Å². The van der Waals surface area contributed by atoms with Gasteiger partial charge in [0.25, 0.3) is 0 Å². The summed E-state index contributed by atoms with van der Waals surface area (Å²) < 4.78 is 5.95. The number of nitrogens with two attached hydrogens (primary N) is 1. The van der Waals surface area contributed by atoms with Crippen LogP contribution in [-0.4, -0.2) is 6.04 Å². The molecule has 0 bridgehead atoms. The average Bonchev–Trinajstić information content (AvgIpc) is 2.41. The molecule has 0 aromatic heterocycles. The Labute approximate surface area is 115 Å². The lowest BCUT2D eigenvalue weighted by Gasteiger charge is -2.13. The zero-order valence-corrected chi connectivity index (χ0v) is 11.6. The van der Waals surface area contributed by atoms with Gasteiger partial charge in [-0.3, -0.25) is 0 Å². The van der Waals surface area contributed by atoms with E-state index in [1.807, 2.05) is 37.3 Å². The first kappa shape index (κ1) is 13.6. The molecule has 2 aromatic carbocycles. The van der Waals surface area contributed by atoms with E-state index in [0.29, 0.717) is 0 Å². The molecule has 0 saturated heterocycles. The molecule has 2 rings (SSSR count). The van der Waals surface area contributed by atoms with Gasteiger partial charge in [-0.2, -0.15) is 0 Å². The highest BCUT2D eigenvalue weighted by Gasteiger charge is 2.06. The van der Waals surface area contributed by atoms with Crippen molar-refractivity contribution in [3.05, 3.63) is 59.7 Å². The van der Waals surface area contributed by atoms with Crippen molar-refractivity contribution in [2.75, 3.05) is 0 Å². The Kier molecular flexibility index (Phi) is 4.58. The van der Waals surface area contributed by atoms with Crippen molar-refractivity contribution in [1.29, 1.82) is 0 Å². The first-order valence-corrected chi connectivity index (χ1v) is 6.79. The van der Waals surface area contributed by atoms with Crippen molar-refractivity contribution in [2.45, 2.75) is 32.7 Å².